The molecule has 150 valence electrons. The molecule has 7 nitrogen and oxygen atoms in total. The molecule has 0 unspecified atom stereocenters. The lowest BCUT2D eigenvalue weighted by Crippen LogP contribution is -2.62. The van der Waals surface area contributed by atoms with Crippen LogP contribution in [0.2, 0.25) is 0 Å². The molecule has 1 aromatic rings. The number of ether oxygens (including phenoxy) is 7. The number of methoxy groups -OCH3 is 1. The van der Waals surface area contributed by atoms with Crippen molar-refractivity contribution in [2.75, 3.05) is 20.3 Å². The van der Waals surface area contributed by atoms with Gasteiger partial charge < -0.3 is 33.2 Å². The highest BCUT2D eigenvalue weighted by Gasteiger charge is 2.63. The van der Waals surface area contributed by atoms with Gasteiger partial charge in [-0.25, -0.2) is 0 Å². The predicted octanol–water partition coefficient (Wildman–Crippen LogP) is 2.61. The van der Waals surface area contributed by atoms with Crippen LogP contribution in [0.25, 0.3) is 0 Å². The van der Waals surface area contributed by atoms with Crippen molar-refractivity contribution in [2.24, 2.45) is 0 Å². The molecule has 0 aliphatic carbocycles. The smallest absolute Gasteiger partial charge is 0.224 e. The summed E-state index contributed by atoms with van der Waals surface area (Å²) in [5.74, 6) is -1.65. The number of hydrogen-bond acceptors (Lipinski definition) is 7. The van der Waals surface area contributed by atoms with Gasteiger partial charge in [0, 0.05) is 0 Å². The summed E-state index contributed by atoms with van der Waals surface area (Å²) in [5, 5.41) is 0. The van der Waals surface area contributed by atoms with Gasteiger partial charge in [0.15, 0.2) is 11.6 Å². The SMILES string of the molecule is COc1ccc(CO[C@@H]2[C@H]3OC(C)(C)O[C@H]3CO[C@@]23COC(C)(C)O3)cc1. The minimum Gasteiger partial charge on any atom is -0.497 e. The van der Waals surface area contributed by atoms with E-state index in [1.807, 2.05) is 52.0 Å². The van der Waals surface area contributed by atoms with E-state index in [2.05, 4.69) is 0 Å². The van der Waals surface area contributed by atoms with E-state index >= 15 is 0 Å². The third kappa shape index (κ3) is 3.72. The van der Waals surface area contributed by atoms with Crippen molar-refractivity contribution in [1.29, 1.82) is 0 Å². The monoisotopic (exact) mass is 380 g/mol. The predicted molar refractivity (Wildman–Crippen MR) is 95.2 cm³/mol. The van der Waals surface area contributed by atoms with E-state index in [0.29, 0.717) is 13.2 Å². The first-order chi connectivity index (χ1) is 12.7. The molecule has 7 heteroatoms. The maximum absolute atomic E-state index is 6.31. The number of fused-ring (bicyclic) bond motifs is 1. The molecular weight excluding hydrogens is 352 g/mol. The van der Waals surface area contributed by atoms with Gasteiger partial charge in [-0.05, 0) is 45.4 Å². The van der Waals surface area contributed by atoms with Crippen LogP contribution in [0.5, 0.6) is 5.75 Å². The molecule has 3 heterocycles. The molecule has 3 fully saturated rings. The number of hydrogen-bond donors (Lipinski definition) is 0. The Morgan fingerprint density at radius 3 is 2.37 bits per heavy atom. The van der Waals surface area contributed by atoms with E-state index < -0.39 is 23.5 Å². The topological polar surface area (TPSA) is 64.6 Å². The summed E-state index contributed by atoms with van der Waals surface area (Å²) >= 11 is 0. The second-order valence-corrected chi connectivity index (χ2v) is 8.13. The maximum atomic E-state index is 6.31. The van der Waals surface area contributed by atoms with Crippen molar-refractivity contribution in [2.45, 2.75) is 70.0 Å². The standard InChI is InChI=1S/C20H28O7/c1-18(2)24-12-20(27-18)17(16-15(11-23-20)25-19(3,4)26-16)22-10-13-6-8-14(21-5)9-7-13/h6-9,15-17H,10-12H2,1-5H3/t15-,16-,17+,20+/m0/s1. The second kappa shape index (κ2) is 6.69. The van der Waals surface area contributed by atoms with Crippen LogP contribution in [0.15, 0.2) is 24.3 Å². The molecule has 0 amide bonds. The van der Waals surface area contributed by atoms with Gasteiger partial charge in [0.1, 0.15) is 30.7 Å². The summed E-state index contributed by atoms with van der Waals surface area (Å²) in [6, 6.07) is 7.76. The zero-order valence-electron chi connectivity index (χ0n) is 16.5. The van der Waals surface area contributed by atoms with Crippen LogP contribution in [0.3, 0.4) is 0 Å². The van der Waals surface area contributed by atoms with Gasteiger partial charge in [-0.1, -0.05) is 12.1 Å². The van der Waals surface area contributed by atoms with Gasteiger partial charge in [0.05, 0.1) is 20.3 Å². The van der Waals surface area contributed by atoms with Crippen LogP contribution in [-0.4, -0.2) is 56.0 Å². The minimum atomic E-state index is -1.01. The molecule has 3 saturated heterocycles. The number of benzene rings is 1. The summed E-state index contributed by atoms with van der Waals surface area (Å²) in [4.78, 5) is 0. The first kappa shape index (κ1) is 19.1. The van der Waals surface area contributed by atoms with Crippen molar-refractivity contribution < 1.29 is 33.2 Å². The molecule has 1 aromatic carbocycles. The van der Waals surface area contributed by atoms with Crippen molar-refractivity contribution in [3.8, 4) is 5.75 Å². The minimum absolute atomic E-state index is 0.209. The van der Waals surface area contributed by atoms with Crippen LogP contribution >= 0.6 is 0 Å². The summed E-state index contributed by atoms with van der Waals surface area (Å²) in [6.45, 7) is 8.57. The average molecular weight is 380 g/mol. The van der Waals surface area contributed by atoms with Crippen LogP contribution in [0.1, 0.15) is 33.3 Å². The van der Waals surface area contributed by atoms with E-state index in [1.54, 1.807) is 7.11 Å². The highest BCUT2D eigenvalue weighted by atomic mass is 16.9. The molecule has 4 rings (SSSR count). The van der Waals surface area contributed by atoms with Crippen LogP contribution in [0.4, 0.5) is 0 Å². The van der Waals surface area contributed by atoms with Crippen molar-refractivity contribution in [1.82, 2.24) is 0 Å². The van der Waals surface area contributed by atoms with Crippen molar-refractivity contribution in [3.63, 3.8) is 0 Å². The molecule has 3 aliphatic heterocycles. The third-order valence-corrected chi connectivity index (χ3v) is 5.07. The van der Waals surface area contributed by atoms with E-state index in [0.717, 1.165) is 11.3 Å². The van der Waals surface area contributed by atoms with Crippen LogP contribution in [0, 0.1) is 0 Å². The zero-order chi connectivity index (χ0) is 19.3. The molecule has 4 atom stereocenters. The van der Waals surface area contributed by atoms with Gasteiger partial charge >= 0.3 is 0 Å². The first-order valence-corrected chi connectivity index (χ1v) is 9.30. The third-order valence-electron chi connectivity index (χ3n) is 5.07. The highest BCUT2D eigenvalue weighted by Crippen LogP contribution is 2.45. The van der Waals surface area contributed by atoms with Crippen molar-refractivity contribution in [3.05, 3.63) is 29.8 Å². The Hall–Kier alpha value is -1.22. The molecule has 0 bridgehead atoms. The lowest BCUT2D eigenvalue weighted by atomic mass is 9.97. The van der Waals surface area contributed by atoms with Gasteiger partial charge in [0.2, 0.25) is 5.79 Å². The molecule has 0 N–H and O–H groups in total. The normalized spacial score (nSPS) is 36.7. The largest absolute Gasteiger partial charge is 0.497 e. The fourth-order valence-corrected chi connectivity index (χ4v) is 3.89. The Morgan fingerprint density at radius 2 is 1.74 bits per heavy atom. The summed E-state index contributed by atoms with van der Waals surface area (Å²) in [7, 11) is 1.65. The van der Waals surface area contributed by atoms with Gasteiger partial charge in [-0.15, -0.1) is 0 Å². The molecule has 0 aromatic heterocycles. The fourth-order valence-electron chi connectivity index (χ4n) is 3.89. The maximum Gasteiger partial charge on any atom is 0.224 e. The van der Waals surface area contributed by atoms with Gasteiger partial charge in [-0.3, -0.25) is 0 Å². The lowest BCUT2D eigenvalue weighted by Gasteiger charge is -2.43. The molecule has 1 spiro atoms. The molecule has 3 aliphatic rings. The quantitative estimate of drug-likeness (QED) is 0.795. The first-order valence-electron chi connectivity index (χ1n) is 9.30. The lowest BCUT2D eigenvalue weighted by molar-refractivity contribution is -0.336. The zero-order valence-corrected chi connectivity index (χ0v) is 16.5. The molecule has 0 radical (unpaired) electrons. The Balaban J connectivity index is 1.55. The molecule has 0 saturated carbocycles. The van der Waals surface area contributed by atoms with E-state index in [1.165, 1.54) is 0 Å². The van der Waals surface area contributed by atoms with Crippen LogP contribution in [-0.2, 0) is 35.0 Å². The number of rotatable bonds is 4. The fraction of sp³-hybridized carbons (Fsp3) is 0.700. The Kier molecular flexibility index (Phi) is 4.73. The molecular formula is C20H28O7. The summed E-state index contributed by atoms with van der Waals surface area (Å²) in [5.41, 5.74) is 1.02. The Bertz CT molecular complexity index is 669. The van der Waals surface area contributed by atoms with Gasteiger partial charge in [-0.2, -0.15) is 0 Å². The van der Waals surface area contributed by atoms with Gasteiger partial charge in [0.25, 0.3) is 0 Å². The summed E-state index contributed by atoms with van der Waals surface area (Å²) in [6.07, 6.45) is -0.995. The summed E-state index contributed by atoms with van der Waals surface area (Å²) < 4.78 is 41.7. The average Bonchev–Trinajstić information content (AvgIpc) is 3.10. The van der Waals surface area contributed by atoms with E-state index in [9.17, 15) is 0 Å². The Morgan fingerprint density at radius 1 is 1.00 bits per heavy atom. The van der Waals surface area contributed by atoms with E-state index in [4.69, 9.17) is 33.2 Å². The van der Waals surface area contributed by atoms with Crippen LogP contribution < -0.4 is 4.74 Å². The Labute approximate surface area is 159 Å². The molecule has 27 heavy (non-hydrogen) atoms. The van der Waals surface area contributed by atoms with Crippen molar-refractivity contribution >= 4 is 0 Å². The second-order valence-electron chi connectivity index (χ2n) is 8.13. The highest BCUT2D eigenvalue weighted by molar-refractivity contribution is 5.26. The van der Waals surface area contributed by atoms with E-state index in [-0.39, 0.29) is 18.8 Å².